The predicted octanol–water partition coefficient (Wildman–Crippen LogP) is 2.53. The maximum Gasteiger partial charge on any atom is 0.348 e. The summed E-state index contributed by atoms with van der Waals surface area (Å²) in [5.74, 6) is -0.310. The second-order valence-corrected chi connectivity index (χ2v) is 5.41. The van der Waals surface area contributed by atoms with Crippen molar-refractivity contribution in [2.75, 3.05) is 25.2 Å². The van der Waals surface area contributed by atoms with Crippen LogP contribution in [0, 0.1) is 0 Å². The Hall–Kier alpha value is -1.85. The number of para-hydroxylation sites is 1. The van der Waals surface area contributed by atoms with Gasteiger partial charge in [-0.2, -0.15) is 0 Å². The van der Waals surface area contributed by atoms with Gasteiger partial charge in [-0.1, -0.05) is 18.2 Å². The first-order chi connectivity index (χ1) is 9.74. The van der Waals surface area contributed by atoms with E-state index in [0.717, 1.165) is 10.6 Å². The van der Waals surface area contributed by atoms with Gasteiger partial charge in [-0.3, -0.25) is 0 Å². The largest absolute Gasteiger partial charge is 0.465 e. The highest BCUT2D eigenvalue weighted by molar-refractivity contribution is 7.13. The fraction of sp³-hybridized carbons (Fsp3) is 0.267. The van der Waals surface area contributed by atoms with Crippen LogP contribution in [0.1, 0.15) is 14.5 Å². The molecular weight excluding hydrogens is 274 g/mol. The van der Waals surface area contributed by atoms with Crippen molar-refractivity contribution in [3.8, 4) is 0 Å². The number of ether oxygens (including phenoxy) is 1. The maximum atomic E-state index is 11.4. The van der Waals surface area contributed by atoms with E-state index >= 15 is 0 Å². The summed E-state index contributed by atoms with van der Waals surface area (Å²) in [5.41, 5.74) is 1.05. The normalized spacial score (nSPS) is 10.3. The van der Waals surface area contributed by atoms with Crippen molar-refractivity contribution in [2.24, 2.45) is 0 Å². The summed E-state index contributed by atoms with van der Waals surface area (Å²) in [4.78, 5) is 15.2. The Balaban J connectivity index is 2.12. The number of carbonyl (C=O) groups excluding carboxylic acids is 1. The lowest BCUT2D eigenvalue weighted by Crippen LogP contribution is -2.25. The molecule has 1 N–H and O–H groups in total. The van der Waals surface area contributed by atoms with E-state index in [1.807, 2.05) is 36.4 Å². The number of hydrogen-bond acceptors (Lipinski definition) is 5. The van der Waals surface area contributed by atoms with Crippen molar-refractivity contribution in [1.82, 2.24) is 0 Å². The van der Waals surface area contributed by atoms with Crippen molar-refractivity contribution in [3.63, 3.8) is 0 Å². The first-order valence-corrected chi connectivity index (χ1v) is 7.14. The average molecular weight is 291 g/mol. The third-order valence-corrected chi connectivity index (χ3v) is 3.94. The standard InChI is InChI=1S/C15H17NO3S/c1-19-15(18)14-8-7-13(20-14)11-16(9-10-17)12-5-3-2-4-6-12/h2-8,17H,9-11H2,1H3. The van der Waals surface area contributed by atoms with E-state index in [-0.39, 0.29) is 12.6 Å². The van der Waals surface area contributed by atoms with Gasteiger partial charge in [0, 0.05) is 17.1 Å². The highest BCUT2D eigenvalue weighted by Gasteiger charge is 2.12. The lowest BCUT2D eigenvalue weighted by Gasteiger charge is -2.23. The van der Waals surface area contributed by atoms with Gasteiger partial charge in [0.15, 0.2) is 0 Å². The summed E-state index contributed by atoms with van der Waals surface area (Å²) in [7, 11) is 1.38. The molecule has 5 heteroatoms. The Bertz CT molecular complexity index is 553. The molecule has 20 heavy (non-hydrogen) atoms. The number of aliphatic hydroxyl groups excluding tert-OH is 1. The monoisotopic (exact) mass is 291 g/mol. The molecule has 0 aliphatic rings. The molecule has 1 aromatic carbocycles. The van der Waals surface area contributed by atoms with E-state index in [9.17, 15) is 9.90 Å². The molecule has 0 bridgehead atoms. The summed E-state index contributed by atoms with van der Waals surface area (Å²) >= 11 is 1.42. The zero-order valence-corrected chi connectivity index (χ0v) is 12.1. The molecule has 0 aliphatic carbocycles. The van der Waals surface area contributed by atoms with Gasteiger partial charge in [-0.05, 0) is 24.3 Å². The minimum atomic E-state index is -0.310. The van der Waals surface area contributed by atoms with Crippen LogP contribution in [0.3, 0.4) is 0 Å². The second kappa shape index (κ2) is 7.07. The average Bonchev–Trinajstić information content (AvgIpc) is 2.95. The molecule has 0 atom stereocenters. The smallest absolute Gasteiger partial charge is 0.348 e. The van der Waals surface area contributed by atoms with Crippen LogP contribution in [0.2, 0.25) is 0 Å². The molecule has 2 rings (SSSR count). The highest BCUT2D eigenvalue weighted by Crippen LogP contribution is 2.22. The van der Waals surface area contributed by atoms with Crippen molar-refractivity contribution >= 4 is 23.0 Å². The lowest BCUT2D eigenvalue weighted by atomic mass is 10.2. The van der Waals surface area contributed by atoms with Crippen LogP contribution in [-0.2, 0) is 11.3 Å². The second-order valence-electron chi connectivity index (χ2n) is 4.24. The van der Waals surface area contributed by atoms with Gasteiger partial charge in [-0.15, -0.1) is 11.3 Å². The maximum absolute atomic E-state index is 11.4. The van der Waals surface area contributed by atoms with E-state index in [1.54, 1.807) is 6.07 Å². The summed E-state index contributed by atoms with van der Waals surface area (Å²) in [6.45, 7) is 1.30. The van der Waals surface area contributed by atoms with E-state index < -0.39 is 0 Å². The molecule has 0 saturated carbocycles. The number of carbonyl (C=O) groups is 1. The molecule has 0 aliphatic heterocycles. The van der Waals surface area contributed by atoms with Crippen LogP contribution in [0.15, 0.2) is 42.5 Å². The highest BCUT2D eigenvalue weighted by atomic mass is 32.1. The van der Waals surface area contributed by atoms with E-state index in [0.29, 0.717) is 18.0 Å². The number of nitrogens with zero attached hydrogens (tertiary/aromatic N) is 1. The van der Waals surface area contributed by atoms with E-state index in [4.69, 9.17) is 4.74 Å². The van der Waals surface area contributed by atoms with Gasteiger partial charge in [0.1, 0.15) is 4.88 Å². The molecule has 0 saturated heterocycles. The predicted molar refractivity (Wildman–Crippen MR) is 80.2 cm³/mol. The number of anilines is 1. The summed E-state index contributed by atoms with van der Waals surface area (Å²) in [6.07, 6.45) is 0. The molecule has 0 radical (unpaired) electrons. The minimum absolute atomic E-state index is 0.0874. The first-order valence-electron chi connectivity index (χ1n) is 6.32. The zero-order chi connectivity index (χ0) is 14.4. The topological polar surface area (TPSA) is 49.8 Å². The number of hydrogen-bond donors (Lipinski definition) is 1. The number of thiophene rings is 1. The van der Waals surface area contributed by atoms with Crippen molar-refractivity contribution in [1.29, 1.82) is 0 Å². The van der Waals surface area contributed by atoms with Crippen molar-refractivity contribution in [3.05, 3.63) is 52.2 Å². The van der Waals surface area contributed by atoms with Crippen LogP contribution in [0.5, 0.6) is 0 Å². The summed E-state index contributed by atoms with van der Waals surface area (Å²) in [5, 5.41) is 9.20. The Kier molecular flexibility index (Phi) is 5.15. The SMILES string of the molecule is COC(=O)c1ccc(CN(CCO)c2ccccc2)s1. The summed E-state index contributed by atoms with van der Waals surface area (Å²) < 4.78 is 4.70. The zero-order valence-electron chi connectivity index (χ0n) is 11.3. The summed E-state index contributed by atoms with van der Waals surface area (Å²) in [6, 6.07) is 13.6. The quantitative estimate of drug-likeness (QED) is 0.831. The molecule has 2 aromatic rings. The Labute approximate surface area is 122 Å². The van der Waals surface area contributed by atoms with Gasteiger partial charge < -0.3 is 14.7 Å². The van der Waals surface area contributed by atoms with Gasteiger partial charge >= 0.3 is 5.97 Å². The van der Waals surface area contributed by atoms with Crippen LogP contribution in [-0.4, -0.2) is 31.3 Å². The molecule has 4 nitrogen and oxygen atoms in total. The van der Waals surface area contributed by atoms with Crippen LogP contribution in [0.25, 0.3) is 0 Å². The third kappa shape index (κ3) is 3.59. The fourth-order valence-corrected chi connectivity index (χ4v) is 2.86. The number of esters is 1. The number of methoxy groups -OCH3 is 1. The Morgan fingerprint density at radius 2 is 2.00 bits per heavy atom. The van der Waals surface area contributed by atoms with Gasteiger partial charge in [0.2, 0.25) is 0 Å². The Morgan fingerprint density at radius 3 is 2.65 bits per heavy atom. The van der Waals surface area contributed by atoms with E-state index in [2.05, 4.69) is 4.90 Å². The molecule has 0 fully saturated rings. The molecule has 1 heterocycles. The van der Waals surface area contributed by atoms with Crippen molar-refractivity contribution < 1.29 is 14.6 Å². The van der Waals surface area contributed by atoms with Crippen LogP contribution in [0.4, 0.5) is 5.69 Å². The fourth-order valence-electron chi connectivity index (χ4n) is 1.92. The molecular formula is C15H17NO3S. The van der Waals surface area contributed by atoms with Gasteiger partial charge in [0.05, 0.1) is 20.3 Å². The number of rotatable bonds is 6. The minimum Gasteiger partial charge on any atom is -0.465 e. The van der Waals surface area contributed by atoms with Crippen LogP contribution >= 0.6 is 11.3 Å². The van der Waals surface area contributed by atoms with Gasteiger partial charge in [-0.25, -0.2) is 4.79 Å². The van der Waals surface area contributed by atoms with Crippen LogP contribution < -0.4 is 4.90 Å². The molecule has 0 amide bonds. The molecule has 1 aromatic heterocycles. The molecule has 0 spiro atoms. The van der Waals surface area contributed by atoms with Crippen molar-refractivity contribution in [2.45, 2.75) is 6.54 Å². The Morgan fingerprint density at radius 1 is 1.25 bits per heavy atom. The number of aliphatic hydroxyl groups is 1. The first kappa shape index (κ1) is 14.6. The third-order valence-electron chi connectivity index (χ3n) is 2.89. The number of benzene rings is 1. The molecule has 106 valence electrons. The van der Waals surface area contributed by atoms with E-state index in [1.165, 1.54) is 18.4 Å². The molecule has 0 unspecified atom stereocenters. The van der Waals surface area contributed by atoms with Gasteiger partial charge in [0.25, 0.3) is 0 Å². The lowest BCUT2D eigenvalue weighted by molar-refractivity contribution is 0.0606.